The number of aromatic nitrogens is 2. The molecule has 0 amide bonds. The number of fused-ring (bicyclic) bond motifs is 7. The van der Waals surface area contributed by atoms with Crippen molar-refractivity contribution >= 4 is 108 Å². The predicted molar refractivity (Wildman–Crippen MR) is 289 cm³/mol. The zero-order chi connectivity index (χ0) is 44.3. The Morgan fingerprint density at radius 2 is 0.627 bits per heavy atom. The van der Waals surface area contributed by atoms with Gasteiger partial charge in [-0.3, -0.25) is 0 Å². The summed E-state index contributed by atoms with van der Waals surface area (Å²) in [7, 11) is 0. The summed E-state index contributed by atoms with van der Waals surface area (Å²) in [5, 5.41) is 2.33. The standard InChI is InChI=1S/C60H40N4S3/c1-7-20-41(21-8-1)43-34-36-49(37-35-43)63-51-39-53(61(45-25-11-3-12-26-45)46-27-13-4-14-28-46)65-57(51)59-55(63)56-60(67-59)58-52(64(56)50-33-19-24-44(38-50)42-22-9-2-10-23-42)40-54(66-58)62(47-29-15-5-16-30-47)48-31-17-6-18-32-48/h1-40H. The van der Waals surface area contributed by atoms with Gasteiger partial charge in [0.2, 0.25) is 0 Å². The molecule has 0 spiro atoms. The average molecular weight is 913 g/mol. The molecule has 13 aromatic rings. The molecule has 0 N–H and O–H groups in total. The van der Waals surface area contributed by atoms with E-state index in [1.165, 1.54) is 73.1 Å². The first-order valence-electron chi connectivity index (χ1n) is 22.4. The van der Waals surface area contributed by atoms with Crippen LogP contribution >= 0.6 is 34.0 Å². The van der Waals surface area contributed by atoms with Crippen LogP contribution in [-0.4, -0.2) is 9.13 Å². The molecule has 13 rings (SSSR count). The molecule has 8 aromatic carbocycles. The van der Waals surface area contributed by atoms with E-state index < -0.39 is 0 Å². The van der Waals surface area contributed by atoms with Crippen LogP contribution in [0.5, 0.6) is 0 Å². The van der Waals surface area contributed by atoms with Crippen LogP contribution in [0, 0.1) is 0 Å². The van der Waals surface area contributed by atoms with Crippen LogP contribution in [0.15, 0.2) is 243 Å². The highest BCUT2D eigenvalue weighted by Crippen LogP contribution is 2.54. The molecule has 0 atom stereocenters. The van der Waals surface area contributed by atoms with Crippen molar-refractivity contribution in [1.82, 2.24) is 9.13 Å². The predicted octanol–water partition coefficient (Wildman–Crippen LogP) is 18.3. The quantitative estimate of drug-likeness (QED) is 0.136. The van der Waals surface area contributed by atoms with Crippen LogP contribution in [-0.2, 0) is 0 Å². The van der Waals surface area contributed by atoms with E-state index in [1.54, 1.807) is 0 Å². The number of hydrogen-bond acceptors (Lipinski definition) is 5. The fraction of sp³-hybridized carbons (Fsp3) is 0. The Labute approximate surface area is 400 Å². The van der Waals surface area contributed by atoms with E-state index in [0.29, 0.717) is 0 Å². The topological polar surface area (TPSA) is 16.3 Å². The van der Waals surface area contributed by atoms with E-state index in [2.05, 4.69) is 262 Å². The smallest absolute Gasteiger partial charge is 0.103 e. The number of anilines is 6. The Balaban J connectivity index is 1.11. The lowest BCUT2D eigenvalue weighted by molar-refractivity contribution is 1.15. The molecule has 7 heteroatoms. The van der Waals surface area contributed by atoms with Gasteiger partial charge < -0.3 is 18.9 Å². The number of nitrogens with zero attached hydrogens (tertiary/aromatic N) is 4. The third-order valence-corrected chi connectivity index (χ3v) is 16.3. The van der Waals surface area contributed by atoms with Crippen LogP contribution in [0.2, 0.25) is 0 Å². The van der Waals surface area contributed by atoms with E-state index in [9.17, 15) is 0 Å². The molecular weight excluding hydrogens is 873 g/mol. The summed E-state index contributed by atoms with van der Waals surface area (Å²) >= 11 is 5.67. The van der Waals surface area contributed by atoms with E-state index in [0.717, 1.165) is 34.1 Å². The molecule has 0 saturated heterocycles. The first kappa shape index (κ1) is 39.4. The molecule has 0 aliphatic carbocycles. The maximum absolute atomic E-state index is 2.55. The van der Waals surface area contributed by atoms with Gasteiger partial charge in [-0.1, -0.05) is 158 Å². The lowest BCUT2D eigenvalue weighted by atomic mass is 10.1. The van der Waals surface area contributed by atoms with Gasteiger partial charge in [0.05, 0.1) is 40.9 Å². The van der Waals surface area contributed by atoms with Crippen LogP contribution in [0.4, 0.5) is 32.8 Å². The van der Waals surface area contributed by atoms with Gasteiger partial charge in [0.15, 0.2) is 0 Å². The Hall–Kier alpha value is -7.94. The monoisotopic (exact) mass is 912 g/mol. The summed E-state index contributed by atoms with van der Waals surface area (Å²) in [4.78, 5) is 4.79. The maximum atomic E-state index is 2.55. The fourth-order valence-electron chi connectivity index (χ4n) is 9.53. The Bertz CT molecular complexity index is 3750. The van der Waals surface area contributed by atoms with E-state index >= 15 is 0 Å². The lowest BCUT2D eigenvalue weighted by Gasteiger charge is -2.23. The highest BCUT2D eigenvalue weighted by molar-refractivity contribution is 7.35. The summed E-state index contributed by atoms with van der Waals surface area (Å²) in [5.74, 6) is 0. The number of hydrogen-bond donors (Lipinski definition) is 0. The van der Waals surface area contributed by atoms with Crippen molar-refractivity contribution in [2.45, 2.75) is 0 Å². The van der Waals surface area contributed by atoms with E-state index in [-0.39, 0.29) is 0 Å². The molecule has 0 radical (unpaired) electrons. The number of benzene rings is 8. The summed E-state index contributed by atoms with van der Waals surface area (Å²) in [5.41, 5.74) is 16.4. The normalized spacial score (nSPS) is 11.6. The minimum atomic E-state index is 1.13. The zero-order valence-electron chi connectivity index (χ0n) is 36.1. The number of thiophene rings is 3. The van der Waals surface area contributed by atoms with Crippen LogP contribution in [0.1, 0.15) is 0 Å². The second kappa shape index (κ2) is 16.5. The Morgan fingerprint density at radius 1 is 0.269 bits per heavy atom. The SMILES string of the molecule is c1ccc(-c2ccc(-n3c4cc(N(c5ccccc5)c5ccccc5)sc4c4sc5c6sc(N(c7ccccc7)c7ccccc7)cc6n(-c6cccc(-c7ccccc7)c6)c5c43)cc2)cc1. The molecule has 0 bridgehead atoms. The summed E-state index contributed by atoms with van der Waals surface area (Å²) in [6.07, 6.45) is 0. The minimum absolute atomic E-state index is 1.13. The van der Waals surface area contributed by atoms with E-state index in [1.807, 2.05) is 34.0 Å². The summed E-state index contributed by atoms with van der Waals surface area (Å²) in [6, 6.07) is 87.4. The molecule has 0 aliphatic rings. The van der Waals surface area contributed by atoms with Crippen molar-refractivity contribution in [2.75, 3.05) is 9.80 Å². The molecule has 5 aromatic heterocycles. The molecule has 0 fully saturated rings. The number of para-hydroxylation sites is 4. The fourth-order valence-corrected chi connectivity index (χ4v) is 13.5. The molecular formula is C60H40N4S3. The average Bonchev–Trinajstić information content (AvgIpc) is 4.21. The van der Waals surface area contributed by atoms with Gasteiger partial charge in [0.1, 0.15) is 10.0 Å². The Morgan fingerprint density at radius 3 is 1.06 bits per heavy atom. The first-order valence-corrected chi connectivity index (χ1v) is 24.9. The van der Waals surface area contributed by atoms with Gasteiger partial charge in [0, 0.05) is 34.1 Å². The highest BCUT2D eigenvalue weighted by Gasteiger charge is 2.29. The van der Waals surface area contributed by atoms with Crippen molar-refractivity contribution in [1.29, 1.82) is 0 Å². The minimum Gasteiger partial charge on any atom is -0.305 e. The summed E-state index contributed by atoms with van der Waals surface area (Å²) < 4.78 is 10.2. The first-order chi connectivity index (χ1) is 33.2. The molecule has 0 aliphatic heterocycles. The van der Waals surface area contributed by atoms with Gasteiger partial charge in [-0.2, -0.15) is 0 Å². The second-order valence-corrected chi connectivity index (χ2v) is 19.7. The van der Waals surface area contributed by atoms with Crippen molar-refractivity contribution in [2.24, 2.45) is 0 Å². The van der Waals surface area contributed by atoms with Crippen LogP contribution in [0.3, 0.4) is 0 Å². The lowest BCUT2D eigenvalue weighted by Crippen LogP contribution is -2.08. The van der Waals surface area contributed by atoms with Crippen molar-refractivity contribution < 1.29 is 0 Å². The number of rotatable bonds is 10. The van der Waals surface area contributed by atoms with Crippen molar-refractivity contribution in [3.05, 3.63) is 243 Å². The van der Waals surface area contributed by atoms with Crippen molar-refractivity contribution in [3.63, 3.8) is 0 Å². The largest absolute Gasteiger partial charge is 0.305 e. The zero-order valence-corrected chi connectivity index (χ0v) is 38.6. The van der Waals surface area contributed by atoms with Gasteiger partial charge in [0.25, 0.3) is 0 Å². The molecule has 0 unspecified atom stereocenters. The third kappa shape index (κ3) is 6.78. The van der Waals surface area contributed by atoms with E-state index in [4.69, 9.17) is 0 Å². The molecule has 5 heterocycles. The molecule has 67 heavy (non-hydrogen) atoms. The van der Waals surface area contributed by atoms with Gasteiger partial charge >= 0.3 is 0 Å². The Kier molecular flexibility index (Phi) is 9.71. The van der Waals surface area contributed by atoms with Crippen molar-refractivity contribution in [3.8, 4) is 33.6 Å². The second-order valence-electron chi connectivity index (χ2n) is 16.6. The van der Waals surface area contributed by atoms with Gasteiger partial charge in [-0.25, -0.2) is 0 Å². The van der Waals surface area contributed by atoms with Gasteiger partial charge in [-0.05, 0) is 107 Å². The van der Waals surface area contributed by atoms with Gasteiger partial charge in [-0.15, -0.1) is 34.0 Å². The maximum Gasteiger partial charge on any atom is 0.103 e. The highest BCUT2D eigenvalue weighted by atomic mass is 32.1. The van der Waals surface area contributed by atoms with Crippen LogP contribution in [0.25, 0.3) is 74.5 Å². The van der Waals surface area contributed by atoms with Crippen LogP contribution < -0.4 is 9.80 Å². The molecule has 4 nitrogen and oxygen atoms in total. The third-order valence-electron chi connectivity index (χ3n) is 12.5. The summed E-state index contributed by atoms with van der Waals surface area (Å²) in [6.45, 7) is 0. The molecule has 0 saturated carbocycles. The molecule has 318 valence electrons.